The molecule has 140 valence electrons. The number of rotatable bonds is 6. The van der Waals surface area contributed by atoms with Crippen LogP contribution in [-0.2, 0) is 11.3 Å². The van der Waals surface area contributed by atoms with Gasteiger partial charge in [0.05, 0.1) is 18.0 Å². The van der Waals surface area contributed by atoms with E-state index in [2.05, 4.69) is 15.5 Å². The molecule has 0 aliphatic heterocycles. The molecule has 0 unspecified atom stereocenters. The number of hydrogen-bond donors (Lipinski definition) is 2. The quantitative estimate of drug-likeness (QED) is 0.642. The van der Waals surface area contributed by atoms with Crippen LogP contribution >= 0.6 is 0 Å². The summed E-state index contributed by atoms with van der Waals surface area (Å²) in [5.41, 5.74) is 1.27. The molecule has 8 heteroatoms. The number of aromatic hydroxyl groups is 1. The van der Waals surface area contributed by atoms with Crippen molar-refractivity contribution in [2.45, 2.75) is 13.0 Å². The molecule has 0 atom stereocenters. The van der Waals surface area contributed by atoms with Gasteiger partial charge in [-0.15, -0.1) is 10.2 Å². The van der Waals surface area contributed by atoms with Gasteiger partial charge in [0.1, 0.15) is 6.54 Å². The van der Waals surface area contributed by atoms with Crippen molar-refractivity contribution in [3.05, 3.63) is 60.2 Å². The normalized spacial score (nSPS) is 10.8. The summed E-state index contributed by atoms with van der Waals surface area (Å²) in [4.78, 5) is 23.9. The lowest BCUT2D eigenvalue weighted by atomic mass is 10.2. The maximum atomic E-state index is 12.0. The van der Waals surface area contributed by atoms with Gasteiger partial charge in [0.2, 0.25) is 5.88 Å². The number of nitrogens with one attached hydrogen (secondary N) is 1. The Balaban J connectivity index is 1.74. The number of amides is 2. The van der Waals surface area contributed by atoms with Gasteiger partial charge in [0.15, 0.2) is 5.69 Å². The number of para-hydroxylation sites is 1. The fourth-order valence-corrected chi connectivity index (χ4v) is 2.75. The molecule has 8 nitrogen and oxygen atoms in total. The minimum absolute atomic E-state index is 0.149. The molecule has 2 amide bonds. The van der Waals surface area contributed by atoms with Crippen molar-refractivity contribution in [1.82, 2.24) is 9.88 Å². The van der Waals surface area contributed by atoms with Crippen molar-refractivity contribution in [2.75, 3.05) is 6.54 Å². The number of aryl methyl sites for hydroxylation is 1. The van der Waals surface area contributed by atoms with E-state index in [0.29, 0.717) is 23.0 Å². The standard InChI is InChI=1S/C20H17N5O3/c21-11-6-12-25-16-10-5-4-9-15(16)18(20(25)28)24-23-17(26)13-22-19(27)14-7-2-1-3-8-14/h1-5,7-10,28H,6,12-13H2,(H,22,27). The van der Waals surface area contributed by atoms with Crippen molar-refractivity contribution in [2.24, 2.45) is 10.2 Å². The molecule has 0 aliphatic rings. The zero-order chi connectivity index (χ0) is 19.9. The summed E-state index contributed by atoms with van der Waals surface area (Å²) >= 11 is 0. The van der Waals surface area contributed by atoms with E-state index < -0.39 is 5.91 Å². The second-order valence-electron chi connectivity index (χ2n) is 5.89. The van der Waals surface area contributed by atoms with Gasteiger partial charge >= 0.3 is 0 Å². The van der Waals surface area contributed by atoms with Crippen molar-refractivity contribution in [3.63, 3.8) is 0 Å². The number of aromatic nitrogens is 1. The Hall–Kier alpha value is -3.99. The average Bonchev–Trinajstić information content (AvgIpc) is 3.00. The Bertz CT molecular complexity index is 1080. The SMILES string of the molecule is N#CCCn1c(O)c(N=NC(=O)CNC(=O)c2ccccc2)c2ccccc21. The van der Waals surface area contributed by atoms with Crippen LogP contribution in [0.4, 0.5) is 5.69 Å². The molecular formula is C20H17N5O3. The minimum atomic E-state index is -0.655. The van der Waals surface area contributed by atoms with Crippen LogP contribution in [0, 0.1) is 11.3 Å². The van der Waals surface area contributed by atoms with Crippen molar-refractivity contribution >= 4 is 28.4 Å². The second-order valence-corrected chi connectivity index (χ2v) is 5.89. The zero-order valence-electron chi connectivity index (χ0n) is 14.9. The molecule has 2 aromatic carbocycles. The van der Waals surface area contributed by atoms with Crippen LogP contribution in [-0.4, -0.2) is 28.0 Å². The van der Waals surface area contributed by atoms with Gasteiger partial charge in [-0.1, -0.05) is 36.4 Å². The van der Waals surface area contributed by atoms with E-state index in [-0.39, 0.29) is 30.4 Å². The lowest BCUT2D eigenvalue weighted by Crippen LogP contribution is -2.28. The fourth-order valence-electron chi connectivity index (χ4n) is 2.75. The molecule has 0 aliphatic carbocycles. The van der Waals surface area contributed by atoms with E-state index in [1.807, 2.05) is 6.07 Å². The third-order valence-corrected chi connectivity index (χ3v) is 4.06. The minimum Gasteiger partial charge on any atom is -0.493 e. The predicted octanol–water partition coefficient (Wildman–Crippen LogP) is 3.30. The monoisotopic (exact) mass is 375 g/mol. The summed E-state index contributed by atoms with van der Waals surface area (Å²) < 4.78 is 1.55. The summed E-state index contributed by atoms with van der Waals surface area (Å²) in [6, 6.07) is 17.6. The first-order valence-electron chi connectivity index (χ1n) is 8.56. The van der Waals surface area contributed by atoms with E-state index in [1.54, 1.807) is 59.2 Å². The highest BCUT2D eigenvalue weighted by molar-refractivity contribution is 5.97. The summed E-state index contributed by atoms with van der Waals surface area (Å²) in [7, 11) is 0. The molecule has 3 aromatic rings. The lowest BCUT2D eigenvalue weighted by molar-refractivity contribution is -0.117. The molecule has 1 heterocycles. The van der Waals surface area contributed by atoms with Crippen LogP contribution in [0.2, 0.25) is 0 Å². The van der Waals surface area contributed by atoms with Gasteiger partial charge < -0.3 is 15.0 Å². The lowest BCUT2D eigenvalue weighted by Gasteiger charge is -2.03. The Morgan fingerprint density at radius 1 is 1.11 bits per heavy atom. The zero-order valence-corrected chi connectivity index (χ0v) is 14.9. The maximum Gasteiger partial charge on any atom is 0.283 e. The molecular weight excluding hydrogens is 358 g/mol. The van der Waals surface area contributed by atoms with Gasteiger partial charge in [0, 0.05) is 17.5 Å². The van der Waals surface area contributed by atoms with Gasteiger partial charge in [-0.05, 0) is 18.2 Å². The average molecular weight is 375 g/mol. The molecule has 0 radical (unpaired) electrons. The molecule has 0 saturated carbocycles. The summed E-state index contributed by atoms with van der Waals surface area (Å²) in [5.74, 6) is -1.21. The van der Waals surface area contributed by atoms with E-state index in [0.717, 1.165) is 0 Å². The Labute approximate surface area is 160 Å². The number of carbonyl (C=O) groups excluding carboxylic acids is 2. The van der Waals surface area contributed by atoms with Crippen molar-refractivity contribution in [1.29, 1.82) is 5.26 Å². The maximum absolute atomic E-state index is 12.0. The summed E-state index contributed by atoms with van der Waals surface area (Å²) in [5, 5.41) is 29.8. The van der Waals surface area contributed by atoms with Crippen LogP contribution in [0.15, 0.2) is 64.8 Å². The van der Waals surface area contributed by atoms with Crippen molar-refractivity contribution in [3.8, 4) is 11.9 Å². The van der Waals surface area contributed by atoms with Crippen LogP contribution in [0.5, 0.6) is 5.88 Å². The Morgan fingerprint density at radius 3 is 2.57 bits per heavy atom. The highest BCUT2D eigenvalue weighted by atomic mass is 16.3. The molecule has 28 heavy (non-hydrogen) atoms. The first kappa shape index (κ1) is 18.8. The third kappa shape index (κ3) is 4.04. The Morgan fingerprint density at radius 2 is 1.82 bits per heavy atom. The highest BCUT2D eigenvalue weighted by Gasteiger charge is 2.16. The number of carbonyl (C=O) groups is 2. The summed E-state index contributed by atoms with van der Waals surface area (Å²) in [6.45, 7) is -0.0233. The number of azo groups is 1. The molecule has 0 saturated heterocycles. The van der Waals surface area contributed by atoms with Crippen LogP contribution in [0.3, 0.4) is 0 Å². The number of nitrogens with zero attached hydrogens (tertiary/aromatic N) is 4. The molecule has 1 aromatic heterocycles. The largest absolute Gasteiger partial charge is 0.493 e. The molecule has 2 N–H and O–H groups in total. The Kier molecular flexibility index (Phi) is 5.77. The number of hydrogen-bond acceptors (Lipinski definition) is 5. The first-order chi connectivity index (χ1) is 13.6. The summed E-state index contributed by atoms with van der Waals surface area (Å²) in [6.07, 6.45) is 0.216. The van der Waals surface area contributed by atoms with Gasteiger partial charge in [0.25, 0.3) is 11.8 Å². The van der Waals surface area contributed by atoms with E-state index in [4.69, 9.17) is 5.26 Å². The van der Waals surface area contributed by atoms with E-state index in [9.17, 15) is 14.7 Å². The smallest absolute Gasteiger partial charge is 0.283 e. The van der Waals surface area contributed by atoms with E-state index in [1.165, 1.54) is 0 Å². The predicted molar refractivity (Wildman–Crippen MR) is 102 cm³/mol. The van der Waals surface area contributed by atoms with Crippen LogP contribution in [0.1, 0.15) is 16.8 Å². The van der Waals surface area contributed by atoms with E-state index >= 15 is 0 Å². The third-order valence-electron chi connectivity index (χ3n) is 4.06. The van der Waals surface area contributed by atoms with Gasteiger partial charge in [-0.2, -0.15) is 5.26 Å². The second kappa shape index (κ2) is 8.60. The van der Waals surface area contributed by atoms with Crippen molar-refractivity contribution < 1.29 is 14.7 Å². The van der Waals surface area contributed by atoms with Crippen LogP contribution in [0.25, 0.3) is 10.9 Å². The topological polar surface area (TPSA) is 120 Å². The van der Waals surface area contributed by atoms with Gasteiger partial charge in [-0.3, -0.25) is 9.59 Å². The number of nitriles is 1. The number of fused-ring (bicyclic) bond motifs is 1. The van der Waals surface area contributed by atoms with Crippen LogP contribution < -0.4 is 5.32 Å². The molecule has 3 rings (SSSR count). The fraction of sp³-hybridized carbons (Fsp3) is 0.150. The first-order valence-corrected chi connectivity index (χ1v) is 8.56. The highest BCUT2D eigenvalue weighted by Crippen LogP contribution is 2.38. The van der Waals surface area contributed by atoms with Gasteiger partial charge in [-0.25, -0.2) is 0 Å². The molecule has 0 fully saturated rings. The molecule has 0 bridgehead atoms. The number of benzene rings is 2. The molecule has 0 spiro atoms.